The minimum absolute atomic E-state index is 0.0539. The Morgan fingerprint density at radius 3 is 2.56 bits per heavy atom. The second-order valence-electron chi connectivity index (χ2n) is 3.97. The van der Waals surface area contributed by atoms with Crippen LogP contribution in [0.4, 0.5) is 18.9 Å². The number of rotatable bonds is 4. The molecule has 0 aliphatic rings. The van der Waals surface area contributed by atoms with E-state index in [2.05, 4.69) is 21.2 Å². The van der Waals surface area contributed by atoms with E-state index in [0.29, 0.717) is 4.47 Å². The van der Waals surface area contributed by atoms with Crippen molar-refractivity contribution in [3.8, 4) is 0 Å². The molecule has 1 rings (SSSR count). The maximum atomic E-state index is 12.8. The van der Waals surface area contributed by atoms with Gasteiger partial charge in [0.1, 0.15) is 0 Å². The first-order valence-corrected chi connectivity index (χ1v) is 6.05. The third-order valence-electron chi connectivity index (χ3n) is 2.43. The van der Waals surface area contributed by atoms with Gasteiger partial charge in [0.05, 0.1) is 11.7 Å². The molecule has 0 bridgehead atoms. The number of benzene rings is 1. The van der Waals surface area contributed by atoms with Crippen molar-refractivity contribution < 1.29 is 18.3 Å². The van der Waals surface area contributed by atoms with Crippen LogP contribution in [0.5, 0.6) is 0 Å². The van der Waals surface area contributed by atoms with Gasteiger partial charge in [-0.25, -0.2) is 0 Å². The Labute approximate surface area is 111 Å². The van der Waals surface area contributed by atoms with Gasteiger partial charge in [-0.15, -0.1) is 0 Å². The lowest BCUT2D eigenvalue weighted by molar-refractivity contribution is -0.137. The number of alkyl halides is 3. The monoisotopic (exact) mass is 326 g/mol. The molecule has 0 saturated carbocycles. The van der Waals surface area contributed by atoms with Crippen LogP contribution in [0, 0.1) is 0 Å². The zero-order chi connectivity index (χ0) is 13.9. The Hall–Kier alpha value is -0.790. The summed E-state index contributed by atoms with van der Waals surface area (Å²) >= 11 is 3.00. The Morgan fingerprint density at radius 1 is 1.44 bits per heavy atom. The van der Waals surface area contributed by atoms with Crippen molar-refractivity contribution in [1.82, 2.24) is 0 Å². The zero-order valence-electron chi connectivity index (χ0n) is 9.63. The van der Waals surface area contributed by atoms with Crippen LogP contribution in [0.2, 0.25) is 0 Å². The third kappa shape index (κ3) is 4.15. The standard InChI is InChI=1S/C11H14BrF3N2O/c1-6(18)9(16)5-17-10-3-2-7(12)4-8(10)11(13,14)15/h2-4,6,9,17-18H,5,16H2,1H3. The summed E-state index contributed by atoms with van der Waals surface area (Å²) in [5.41, 5.74) is 4.73. The molecule has 2 unspecified atom stereocenters. The number of halogens is 4. The van der Waals surface area contributed by atoms with E-state index in [1.807, 2.05) is 0 Å². The molecule has 3 nitrogen and oxygen atoms in total. The van der Waals surface area contributed by atoms with Crippen LogP contribution in [0.25, 0.3) is 0 Å². The molecule has 102 valence electrons. The van der Waals surface area contributed by atoms with Crippen LogP contribution in [-0.2, 0) is 6.18 Å². The zero-order valence-corrected chi connectivity index (χ0v) is 11.2. The van der Waals surface area contributed by atoms with Crippen LogP contribution in [0.15, 0.2) is 22.7 Å². The van der Waals surface area contributed by atoms with Gasteiger partial charge >= 0.3 is 6.18 Å². The lowest BCUT2D eigenvalue weighted by Gasteiger charge is -2.19. The SMILES string of the molecule is CC(O)C(N)CNc1ccc(Br)cc1C(F)(F)F. The van der Waals surface area contributed by atoms with E-state index in [-0.39, 0.29) is 12.2 Å². The van der Waals surface area contributed by atoms with Crippen molar-refractivity contribution in [2.45, 2.75) is 25.2 Å². The van der Waals surface area contributed by atoms with Gasteiger partial charge in [0, 0.05) is 22.7 Å². The lowest BCUT2D eigenvalue weighted by Crippen LogP contribution is -2.39. The van der Waals surface area contributed by atoms with Crippen molar-refractivity contribution >= 4 is 21.6 Å². The molecule has 0 aliphatic heterocycles. The second-order valence-corrected chi connectivity index (χ2v) is 4.89. The van der Waals surface area contributed by atoms with E-state index in [1.54, 1.807) is 0 Å². The first kappa shape index (κ1) is 15.3. The average molecular weight is 327 g/mol. The predicted octanol–water partition coefficient (Wildman–Crippen LogP) is 2.59. The van der Waals surface area contributed by atoms with Gasteiger partial charge in [0.2, 0.25) is 0 Å². The summed E-state index contributed by atoms with van der Waals surface area (Å²) in [4.78, 5) is 0. The molecule has 0 aromatic heterocycles. The number of anilines is 1. The van der Waals surface area contributed by atoms with E-state index < -0.39 is 23.9 Å². The highest BCUT2D eigenvalue weighted by Crippen LogP contribution is 2.36. The number of aliphatic hydroxyl groups excluding tert-OH is 1. The highest BCUT2D eigenvalue weighted by molar-refractivity contribution is 9.10. The summed E-state index contributed by atoms with van der Waals surface area (Å²) in [5.74, 6) is 0. The molecule has 0 heterocycles. The highest BCUT2D eigenvalue weighted by Gasteiger charge is 2.33. The Morgan fingerprint density at radius 2 is 2.06 bits per heavy atom. The topological polar surface area (TPSA) is 58.3 Å². The molecule has 0 fully saturated rings. The quantitative estimate of drug-likeness (QED) is 0.797. The normalized spacial score (nSPS) is 15.3. The maximum Gasteiger partial charge on any atom is 0.418 e. The second kappa shape index (κ2) is 5.90. The van der Waals surface area contributed by atoms with Crippen molar-refractivity contribution in [2.75, 3.05) is 11.9 Å². The van der Waals surface area contributed by atoms with Gasteiger partial charge < -0.3 is 16.2 Å². The van der Waals surface area contributed by atoms with Gasteiger partial charge in [-0.3, -0.25) is 0 Å². The average Bonchev–Trinajstić information content (AvgIpc) is 2.25. The van der Waals surface area contributed by atoms with Crippen molar-refractivity contribution in [3.63, 3.8) is 0 Å². The fourth-order valence-corrected chi connectivity index (χ4v) is 1.66. The maximum absolute atomic E-state index is 12.8. The molecule has 1 aromatic rings. The number of aliphatic hydroxyl groups is 1. The highest BCUT2D eigenvalue weighted by atomic mass is 79.9. The Balaban J connectivity index is 2.89. The predicted molar refractivity (Wildman–Crippen MR) is 67.3 cm³/mol. The number of nitrogens with two attached hydrogens (primary N) is 1. The van der Waals surface area contributed by atoms with E-state index in [1.165, 1.54) is 19.1 Å². The molecular formula is C11H14BrF3N2O. The first-order valence-electron chi connectivity index (χ1n) is 5.26. The fraction of sp³-hybridized carbons (Fsp3) is 0.455. The van der Waals surface area contributed by atoms with Crippen LogP contribution < -0.4 is 11.1 Å². The molecule has 0 radical (unpaired) electrons. The largest absolute Gasteiger partial charge is 0.418 e. The van der Waals surface area contributed by atoms with Crippen LogP contribution in [0.1, 0.15) is 12.5 Å². The molecule has 0 aliphatic carbocycles. The molecular weight excluding hydrogens is 313 g/mol. The van der Waals surface area contributed by atoms with Gasteiger partial charge in [0.25, 0.3) is 0 Å². The summed E-state index contributed by atoms with van der Waals surface area (Å²) in [6.07, 6.45) is -5.23. The lowest BCUT2D eigenvalue weighted by atomic mass is 10.1. The van der Waals surface area contributed by atoms with E-state index in [9.17, 15) is 18.3 Å². The molecule has 2 atom stereocenters. The molecule has 18 heavy (non-hydrogen) atoms. The van der Waals surface area contributed by atoms with Crippen molar-refractivity contribution in [3.05, 3.63) is 28.2 Å². The van der Waals surface area contributed by atoms with Crippen LogP contribution >= 0.6 is 15.9 Å². The molecule has 1 aromatic carbocycles. The number of nitrogens with one attached hydrogen (secondary N) is 1. The van der Waals surface area contributed by atoms with E-state index >= 15 is 0 Å². The Kier molecular flexibility index (Phi) is 5.01. The van der Waals surface area contributed by atoms with Crippen LogP contribution in [-0.4, -0.2) is 23.8 Å². The van der Waals surface area contributed by atoms with Gasteiger partial charge in [-0.05, 0) is 25.1 Å². The molecule has 7 heteroatoms. The Bertz CT molecular complexity index is 410. The number of hydrogen-bond acceptors (Lipinski definition) is 3. The number of hydrogen-bond donors (Lipinski definition) is 3. The summed E-state index contributed by atoms with van der Waals surface area (Å²) in [7, 11) is 0. The molecule has 0 amide bonds. The molecule has 0 spiro atoms. The summed E-state index contributed by atoms with van der Waals surface area (Å²) in [6.45, 7) is 1.54. The van der Waals surface area contributed by atoms with Crippen LogP contribution in [0.3, 0.4) is 0 Å². The molecule has 4 N–H and O–H groups in total. The first-order chi connectivity index (χ1) is 8.21. The fourth-order valence-electron chi connectivity index (χ4n) is 1.30. The van der Waals surface area contributed by atoms with Gasteiger partial charge in [0.15, 0.2) is 0 Å². The minimum atomic E-state index is -4.44. The van der Waals surface area contributed by atoms with E-state index in [0.717, 1.165) is 6.07 Å². The van der Waals surface area contributed by atoms with E-state index in [4.69, 9.17) is 5.73 Å². The summed E-state index contributed by atoms with van der Waals surface area (Å²) < 4.78 is 38.7. The van der Waals surface area contributed by atoms with Crippen molar-refractivity contribution in [2.24, 2.45) is 5.73 Å². The van der Waals surface area contributed by atoms with Gasteiger partial charge in [-0.1, -0.05) is 15.9 Å². The third-order valence-corrected chi connectivity index (χ3v) is 2.93. The molecule has 0 saturated heterocycles. The van der Waals surface area contributed by atoms with Gasteiger partial charge in [-0.2, -0.15) is 13.2 Å². The smallest absolute Gasteiger partial charge is 0.392 e. The van der Waals surface area contributed by atoms with Crippen molar-refractivity contribution in [1.29, 1.82) is 0 Å². The summed E-state index contributed by atoms with van der Waals surface area (Å²) in [6, 6.07) is 3.19. The summed E-state index contributed by atoms with van der Waals surface area (Å²) in [5, 5.41) is 11.8. The minimum Gasteiger partial charge on any atom is -0.392 e.